The molecule has 0 spiro atoms. The van der Waals surface area contributed by atoms with E-state index in [1.165, 1.54) is 12.8 Å². The van der Waals surface area contributed by atoms with Gasteiger partial charge in [0.15, 0.2) is 0 Å². The van der Waals surface area contributed by atoms with Gasteiger partial charge in [-0.25, -0.2) is 4.98 Å². The fraction of sp³-hybridized carbons (Fsp3) is 0.462. The van der Waals surface area contributed by atoms with Crippen LogP contribution in [0, 0.1) is 0 Å². The van der Waals surface area contributed by atoms with Gasteiger partial charge in [0.2, 0.25) is 0 Å². The van der Waals surface area contributed by atoms with Crippen molar-refractivity contribution in [3.05, 3.63) is 24.0 Å². The topological polar surface area (TPSA) is 43.8 Å². The molecule has 16 heavy (non-hydrogen) atoms. The molecule has 2 N–H and O–H groups in total. The molecule has 86 valence electrons. The highest BCUT2D eigenvalue weighted by Gasteiger charge is 2.10. The van der Waals surface area contributed by atoms with Crippen LogP contribution in [0.15, 0.2) is 18.2 Å². The maximum atomic E-state index is 5.95. The summed E-state index contributed by atoms with van der Waals surface area (Å²) in [5.74, 6) is 1.16. The normalized spacial score (nSPS) is 11.1. The summed E-state index contributed by atoms with van der Waals surface area (Å²) in [6.07, 6.45) is 3.42. The zero-order valence-electron chi connectivity index (χ0n) is 10.0. The lowest BCUT2D eigenvalue weighted by Gasteiger charge is -2.04. The van der Waals surface area contributed by atoms with Gasteiger partial charge in [-0.15, -0.1) is 0 Å². The van der Waals surface area contributed by atoms with Gasteiger partial charge in [0.25, 0.3) is 0 Å². The molecule has 0 aliphatic carbocycles. The highest BCUT2D eigenvalue weighted by atomic mass is 15.1. The standard InChI is InChI=1S/C13H19N3/c1-3-5-9-12-15-13-10(14)7-6-8-11(13)16(12)4-2/h6-8H,3-5,9,14H2,1-2H3. The molecule has 0 aliphatic heterocycles. The summed E-state index contributed by atoms with van der Waals surface area (Å²) < 4.78 is 2.27. The fourth-order valence-corrected chi connectivity index (χ4v) is 2.10. The molecule has 0 aliphatic rings. The number of fused-ring (bicyclic) bond motifs is 1. The van der Waals surface area contributed by atoms with Gasteiger partial charge in [0.05, 0.1) is 11.2 Å². The molecule has 1 aromatic heterocycles. The minimum atomic E-state index is 0.780. The van der Waals surface area contributed by atoms with Crippen molar-refractivity contribution in [1.82, 2.24) is 9.55 Å². The maximum absolute atomic E-state index is 5.95. The highest BCUT2D eigenvalue weighted by Crippen LogP contribution is 2.22. The van der Waals surface area contributed by atoms with Crippen molar-refractivity contribution >= 4 is 16.7 Å². The van der Waals surface area contributed by atoms with Crippen LogP contribution in [-0.2, 0) is 13.0 Å². The van der Waals surface area contributed by atoms with Crippen molar-refractivity contribution in [1.29, 1.82) is 0 Å². The fourth-order valence-electron chi connectivity index (χ4n) is 2.10. The lowest BCUT2D eigenvalue weighted by molar-refractivity contribution is 0.675. The molecule has 0 bridgehead atoms. The lowest BCUT2D eigenvalue weighted by Crippen LogP contribution is -2.01. The largest absolute Gasteiger partial charge is 0.397 e. The monoisotopic (exact) mass is 217 g/mol. The van der Waals surface area contributed by atoms with E-state index in [1.54, 1.807) is 0 Å². The van der Waals surface area contributed by atoms with Crippen LogP contribution in [0.3, 0.4) is 0 Å². The van der Waals surface area contributed by atoms with Crippen molar-refractivity contribution in [2.24, 2.45) is 0 Å². The van der Waals surface area contributed by atoms with E-state index in [0.717, 1.165) is 35.5 Å². The predicted molar refractivity (Wildman–Crippen MR) is 68.4 cm³/mol. The SMILES string of the molecule is CCCCc1nc2c(N)cccc2n1CC. The summed E-state index contributed by atoms with van der Waals surface area (Å²) >= 11 is 0. The molecule has 0 atom stereocenters. The summed E-state index contributed by atoms with van der Waals surface area (Å²) in [6, 6.07) is 6.01. The molecule has 0 saturated heterocycles. The van der Waals surface area contributed by atoms with Crippen molar-refractivity contribution < 1.29 is 0 Å². The maximum Gasteiger partial charge on any atom is 0.112 e. The van der Waals surface area contributed by atoms with Gasteiger partial charge in [-0.2, -0.15) is 0 Å². The Morgan fingerprint density at radius 1 is 1.31 bits per heavy atom. The Kier molecular flexibility index (Phi) is 3.13. The van der Waals surface area contributed by atoms with E-state index in [9.17, 15) is 0 Å². The summed E-state index contributed by atoms with van der Waals surface area (Å²) in [6.45, 7) is 5.31. The van der Waals surface area contributed by atoms with E-state index < -0.39 is 0 Å². The first kappa shape index (κ1) is 11.0. The number of anilines is 1. The Morgan fingerprint density at radius 2 is 2.12 bits per heavy atom. The number of imidazole rings is 1. The van der Waals surface area contributed by atoms with Crippen LogP contribution in [0.4, 0.5) is 5.69 Å². The molecular weight excluding hydrogens is 198 g/mol. The molecule has 1 aromatic carbocycles. The van der Waals surface area contributed by atoms with Crippen LogP contribution in [0.1, 0.15) is 32.5 Å². The van der Waals surface area contributed by atoms with Gasteiger partial charge in [0, 0.05) is 13.0 Å². The number of aryl methyl sites for hydroxylation is 2. The van der Waals surface area contributed by atoms with E-state index in [-0.39, 0.29) is 0 Å². The van der Waals surface area contributed by atoms with Gasteiger partial charge in [-0.1, -0.05) is 19.4 Å². The van der Waals surface area contributed by atoms with E-state index in [1.807, 2.05) is 12.1 Å². The van der Waals surface area contributed by atoms with Crippen molar-refractivity contribution in [2.75, 3.05) is 5.73 Å². The summed E-state index contributed by atoms with van der Waals surface area (Å²) in [5.41, 5.74) is 8.84. The number of para-hydroxylation sites is 1. The number of unbranched alkanes of at least 4 members (excludes halogenated alkanes) is 1. The predicted octanol–water partition coefficient (Wildman–Crippen LogP) is 2.98. The number of hydrogen-bond acceptors (Lipinski definition) is 2. The minimum Gasteiger partial charge on any atom is -0.397 e. The second-order valence-electron chi connectivity index (χ2n) is 4.09. The van der Waals surface area contributed by atoms with Crippen LogP contribution >= 0.6 is 0 Å². The smallest absolute Gasteiger partial charge is 0.112 e. The average Bonchev–Trinajstić information content (AvgIpc) is 2.65. The second kappa shape index (κ2) is 4.56. The Hall–Kier alpha value is -1.51. The molecule has 0 unspecified atom stereocenters. The van der Waals surface area contributed by atoms with Crippen molar-refractivity contribution in [3.63, 3.8) is 0 Å². The van der Waals surface area contributed by atoms with E-state index >= 15 is 0 Å². The average molecular weight is 217 g/mol. The Bertz CT molecular complexity index is 485. The number of rotatable bonds is 4. The zero-order chi connectivity index (χ0) is 11.5. The zero-order valence-corrected chi connectivity index (χ0v) is 10.0. The van der Waals surface area contributed by atoms with E-state index in [0.29, 0.717) is 0 Å². The van der Waals surface area contributed by atoms with Crippen molar-refractivity contribution in [3.8, 4) is 0 Å². The molecular formula is C13H19N3. The van der Waals surface area contributed by atoms with E-state index in [4.69, 9.17) is 5.73 Å². The van der Waals surface area contributed by atoms with Crippen LogP contribution in [0.5, 0.6) is 0 Å². The third kappa shape index (κ3) is 1.77. The summed E-state index contributed by atoms with van der Waals surface area (Å²) in [4.78, 5) is 4.66. The van der Waals surface area contributed by atoms with Gasteiger partial charge < -0.3 is 10.3 Å². The number of benzene rings is 1. The van der Waals surface area contributed by atoms with E-state index in [2.05, 4.69) is 29.5 Å². The number of nitrogen functional groups attached to an aromatic ring is 1. The van der Waals surface area contributed by atoms with Crippen LogP contribution in [0.2, 0.25) is 0 Å². The number of nitrogens with two attached hydrogens (primary N) is 1. The molecule has 2 aromatic rings. The third-order valence-electron chi connectivity index (χ3n) is 2.96. The first-order valence-corrected chi connectivity index (χ1v) is 6.01. The third-order valence-corrected chi connectivity index (χ3v) is 2.96. The lowest BCUT2D eigenvalue weighted by atomic mass is 10.2. The van der Waals surface area contributed by atoms with Gasteiger partial charge >= 0.3 is 0 Å². The van der Waals surface area contributed by atoms with Gasteiger partial charge in [-0.3, -0.25) is 0 Å². The molecule has 1 heterocycles. The Labute approximate surface area is 96.3 Å². The van der Waals surface area contributed by atoms with Crippen LogP contribution in [-0.4, -0.2) is 9.55 Å². The molecule has 0 amide bonds. The summed E-state index contributed by atoms with van der Waals surface area (Å²) in [5, 5.41) is 0. The van der Waals surface area contributed by atoms with Gasteiger partial charge in [0.1, 0.15) is 11.3 Å². The van der Waals surface area contributed by atoms with Gasteiger partial charge in [-0.05, 0) is 25.5 Å². The molecule has 3 nitrogen and oxygen atoms in total. The Morgan fingerprint density at radius 3 is 2.81 bits per heavy atom. The quantitative estimate of drug-likeness (QED) is 0.800. The Balaban J connectivity index is 2.52. The van der Waals surface area contributed by atoms with Crippen LogP contribution < -0.4 is 5.73 Å². The number of hydrogen-bond donors (Lipinski definition) is 1. The number of nitrogens with zero attached hydrogens (tertiary/aromatic N) is 2. The molecule has 3 heteroatoms. The first-order chi connectivity index (χ1) is 7.77. The van der Waals surface area contributed by atoms with Crippen molar-refractivity contribution in [2.45, 2.75) is 39.7 Å². The molecule has 2 rings (SSSR count). The highest BCUT2D eigenvalue weighted by molar-refractivity contribution is 5.87. The first-order valence-electron chi connectivity index (χ1n) is 6.01. The number of aromatic nitrogens is 2. The molecule has 0 fully saturated rings. The summed E-state index contributed by atoms with van der Waals surface area (Å²) in [7, 11) is 0. The molecule has 0 radical (unpaired) electrons. The van der Waals surface area contributed by atoms with Crippen LogP contribution in [0.25, 0.3) is 11.0 Å². The molecule has 0 saturated carbocycles. The second-order valence-corrected chi connectivity index (χ2v) is 4.09. The minimum absolute atomic E-state index is 0.780.